The van der Waals surface area contributed by atoms with Gasteiger partial charge in [0.1, 0.15) is 13.3 Å². The van der Waals surface area contributed by atoms with Crippen LogP contribution < -0.4 is 11.1 Å². The van der Waals surface area contributed by atoms with E-state index in [0.29, 0.717) is 84.5 Å². The fraction of sp³-hybridized carbons (Fsp3) is 0.894. The van der Waals surface area contributed by atoms with Gasteiger partial charge in [-0.05, 0) is 172 Å². The number of piperidine rings is 1. The first-order chi connectivity index (χ1) is 57.5. The van der Waals surface area contributed by atoms with E-state index in [-0.39, 0.29) is 116 Å². The third-order valence-electron chi connectivity index (χ3n) is 32.5. The Balaban J connectivity index is 0.000000111. The summed E-state index contributed by atoms with van der Waals surface area (Å²) in [6.07, 6.45) is 16.2. The van der Waals surface area contributed by atoms with Crippen molar-refractivity contribution >= 4 is 55.0 Å². The van der Waals surface area contributed by atoms with Crippen molar-refractivity contribution in [3.05, 3.63) is 0 Å². The van der Waals surface area contributed by atoms with Crippen LogP contribution in [0.1, 0.15) is 232 Å². The third-order valence-corrected chi connectivity index (χ3v) is 32.5. The largest absolute Gasteiger partial charge is 0.480 e. The molecule has 36 atom stereocenters. The van der Waals surface area contributed by atoms with Crippen LogP contribution >= 0.6 is 0 Å². The number of nitrogens with one attached hydrogen (secondary N) is 1. The zero-order valence-electron chi connectivity index (χ0n) is 72.5. The first-order valence-electron chi connectivity index (χ1n) is 44.4. The molecule has 36 nitrogen and oxygen atoms in total. The number of carboxylic acids is 1. The summed E-state index contributed by atoms with van der Waals surface area (Å²) in [5.41, 5.74) is 1.54. The van der Waals surface area contributed by atoms with Crippen molar-refractivity contribution in [2.45, 2.75) is 327 Å². The van der Waals surface area contributed by atoms with E-state index in [1.54, 1.807) is 0 Å². The fourth-order valence-corrected chi connectivity index (χ4v) is 26.1. The molecular formula is C85H127N5O31. The van der Waals surface area contributed by atoms with Gasteiger partial charge in [-0.1, -0.05) is 69.2 Å². The quantitative estimate of drug-likeness (QED) is 0.0457. The van der Waals surface area contributed by atoms with Gasteiger partial charge in [0.25, 0.3) is 25.3 Å². The van der Waals surface area contributed by atoms with Gasteiger partial charge in [-0.15, -0.1) is 0 Å². The van der Waals surface area contributed by atoms with Crippen LogP contribution in [-0.2, 0) is 144 Å². The molecule has 0 radical (unpaired) electrons. The monoisotopic (exact) mass is 1710 g/mol. The summed E-state index contributed by atoms with van der Waals surface area (Å²) < 4.78 is 74.1. The van der Waals surface area contributed by atoms with E-state index in [1.807, 2.05) is 55.4 Å². The van der Waals surface area contributed by atoms with E-state index in [9.17, 15) is 28.8 Å². The number of carbonyl (C=O) groups is 7. The van der Waals surface area contributed by atoms with Crippen LogP contribution in [0.3, 0.4) is 0 Å². The van der Waals surface area contributed by atoms with Crippen LogP contribution in [-0.4, -0.2) is 193 Å². The Hall–Kier alpha value is -5.49. The Kier molecular flexibility index (Phi) is 24.5. The summed E-state index contributed by atoms with van der Waals surface area (Å²) in [6.45, 7) is 31.5. The molecule has 4 N–H and O–H groups in total. The lowest BCUT2D eigenvalue weighted by molar-refractivity contribution is -0.585. The maximum Gasteiger partial charge on any atom is 0.325 e. The number of fused-ring (bicyclic) bond motifs is 10. The highest BCUT2D eigenvalue weighted by Gasteiger charge is 2.77. The van der Waals surface area contributed by atoms with Gasteiger partial charge in [0.2, 0.25) is 53.7 Å². The summed E-state index contributed by atoms with van der Waals surface area (Å²) in [4.78, 5) is 147. The lowest BCUT2D eigenvalue weighted by atomic mass is 9.57. The second-order valence-corrected chi connectivity index (χ2v) is 39.4. The van der Waals surface area contributed by atoms with Crippen LogP contribution in [0, 0.1) is 118 Å². The molecule has 26 rings (SSSR count). The van der Waals surface area contributed by atoms with Crippen molar-refractivity contribution < 1.29 is 149 Å². The molecule has 1 amide bonds. The Labute approximate surface area is 705 Å². The fourth-order valence-electron chi connectivity index (χ4n) is 26.1. The number of aliphatic imine (C=N–C) groups is 2. The summed E-state index contributed by atoms with van der Waals surface area (Å²) in [6, 6.07) is 0. The Morgan fingerprint density at radius 1 is 0.438 bits per heavy atom. The molecule has 21 heterocycles. The third kappa shape index (κ3) is 14.7. The molecule has 0 aromatic carbocycles. The van der Waals surface area contributed by atoms with E-state index in [2.05, 4.69) is 74.2 Å². The average Bonchev–Trinajstić information content (AvgIpc) is 1.71. The molecule has 21 aliphatic heterocycles. The molecule has 26 aliphatic rings. The van der Waals surface area contributed by atoms with E-state index in [1.165, 1.54) is 4.90 Å². The zero-order valence-corrected chi connectivity index (χ0v) is 72.5. The predicted molar refractivity (Wildman–Crippen MR) is 410 cm³/mol. The second kappa shape index (κ2) is 33.3. The number of hydrogen-bond acceptors (Lipinski definition) is 34. The van der Waals surface area contributed by atoms with Crippen LogP contribution in [0.5, 0.6) is 0 Å². The van der Waals surface area contributed by atoms with Gasteiger partial charge in [0, 0.05) is 103 Å². The number of carboxylic acid groups (broad SMARTS) is 1. The number of carbonyl (C=O) groups excluding carboxylic acids is 6. The molecule has 26 fully saturated rings. The van der Waals surface area contributed by atoms with Gasteiger partial charge >= 0.3 is 17.9 Å². The Bertz CT molecular complexity index is 3930. The van der Waals surface area contributed by atoms with Gasteiger partial charge in [-0.2, -0.15) is 0 Å². The number of likely N-dealkylation sites (tertiary alicyclic amines) is 1. The highest BCUT2D eigenvalue weighted by atomic mass is 17.3. The number of rotatable bonds is 10. The van der Waals surface area contributed by atoms with Gasteiger partial charge in [0.15, 0.2) is 65.8 Å². The van der Waals surface area contributed by atoms with Gasteiger partial charge in [-0.3, -0.25) is 48.9 Å². The van der Waals surface area contributed by atoms with Crippen LogP contribution in [0.2, 0.25) is 0 Å². The molecule has 10 bridgehead atoms. The van der Waals surface area contributed by atoms with Crippen molar-refractivity contribution in [1.82, 2.24) is 10.2 Å². The first-order valence-corrected chi connectivity index (χ1v) is 44.4. The molecular weight excluding hydrogens is 1590 g/mol. The minimum atomic E-state index is -1.12. The Morgan fingerprint density at radius 2 is 0.810 bits per heavy atom. The van der Waals surface area contributed by atoms with Crippen LogP contribution in [0.15, 0.2) is 9.98 Å². The number of amides is 1. The van der Waals surface area contributed by atoms with Crippen molar-refractivity contribution in [3.8, 4) is 0 Å². The number of esters is 2. The normalized spacial score (nSPS) is 52.0. The van der Waals surface area contributed by atoms with Crippen molar-refractivity contribution in [2.75, 3.05) is 33.3 Å². The molecule has 21 saturated heterocycles. The van der Waals surface area contributed by atoms with E-state index >= 15 is 0 Å². The molecule has 121 heavy (non-hydrogen) atoms. The minimum Gasteiger partial charge on any atom is -0.480 e. The van der Waals surface area contributed by atoms with Crippen LogP contribution in [0.25, 0.3) is 0 Å². The standard InChI is InChI=1S/4C17H25NO6.C15H22O5.C2H5NO2/c1-9-4-5-12-10(2)17(18-8-13(19)20-17)22-14-16(12)11(9)6-7-15(3,21-14)23-24-16;1-10-4-5-13-11(2)14(18-8-20-9-19)21-15-17(13)12(10)6-7-16(3,22-15)23-24-17;1-10-4-5-13-11(2)14(20)18(8-21-9-19)15-17(13)12(10)6-7-16(3,22-15)23-24-17;1-9-4-5-12-10(2)14(18-8-13(19)20)21-15-17(12)11(9)6-7-16(3,22-15)23-24-17;1-8-4-5-11-9(2)12(16)17-13-15(11)10(8)6-7-14(3,18-13)19-20-15;3-1-5-2-4/h9-12,14,18H,4-8H2,1-3H3;2*9-13,15H,4-8H2,1-3H3;9-12,15H,4-8H2,1-3H3,(H,19,20);8-11,13H,4-7H2,1-3H3;2H,1,3H2/t9-,10-,11?,12?,14+,15-,16?,17?;10-,11-,12?,13?,15-,16-,17?;10-,11-,12?,13?,15?,16-,17?;9-,10-,11?,12?,15-,16-,17?;8-,9-,10?,11?,13-,14-,15?;/m11111./s1. The lowest BCUT2D eigenvalue weighted by Crippen LogP contribution is -2.75. The smallest absolute Gasteiger partial charge is 0.325 e. The molecule has 6 spiro atoms. The summed E-state index contributed by atoms with van der Waals surface area (Å²) >= 11 is 0. The van der Waals surface area contributed by atoms with Crippen molar-refractivity contribution in [2.24, 2.45) is 134 Å². The molecule has 5 saturated carbocycles. The SMILES string of the molecule is C[C@@H]1CCC2[C@@H](C)C(=NCC(=O)O)O[C@@H]3O[C@@]4(C)CCC1C23OO4.C[C@@H]1CCC2[C@@H](C)C(=NCOC=O)O[C@@H]3O[C@@]4(C)CCC1C23OO4.C[C@@H]1CCC2[C@@H](C)C(=O)N(COC=O)C3O[C@@]4(C)CCC1C23OO4.C[C@@H]1CCC2[C@@H](C)C(=O)O[C@@H]3O[C@@]4(C)CCC1C23OO4.C[C@@H]1CCC2[C@@H](C)C3(NCC(=O)O3)O[C@@H]3O[C@@]4(C)CCC1C23OO4.NCOC=O. The zero-order chi connectivity index (χ0) is 86.2. The molecule has 678 valence electrons. The number of aliphatic carboxylic acids is 1. The topological polar surface area (TPSA) is 418 Å². The summed E-state index contributed by atoms with van der Waals surface area (Å²) in [5.74, 6) is -1.33. The Morgan fingerprint density at radius 3 is 1.21 bits per heavy atom. The number of ether oxygens (including phenoxy) is 13. The van der Waals surface area contributed by atoms with Gasteiger partial charge < -0.3 is 61.9 Å². The van der Waals surface area contributed by atoms with Gasteiger partial charge in [-0.25, -0.2) is 64.2 Å². The maximum atomic E-state index is 12.9. The summed E-state index contributed by atoms with van der Waals surface area (Å²) in [5, 5.41) is 12.1. The lowest BCUT2D eigenvalue weighted by Gasteiger charge is -2.61. The molecule has 36 heteroatoms. The van der Waals surface area contributed by atoms with E-state index in [0.717, 1.165) is 128 Å². The molecule has 0 aromatic rings. The maximum absolute atomic E-state index is 12.9. The highest BCUT2D eigenvalue weighted by Crippen LogP contribution is 2.67. The van der Waals surface area contributed by atoms with Crippen molar-refractivity contribution in [1.29, 1.82) is 0 Å². The number of nitrogens with two attached hydrogens (primary N) is 1. The predicted octanol–water partition coefficient (Wildman–Crippen LogP) is 9.70. The number of nitrogens with zero attached hydrogens (tertiary/aromatic N) is 3. The number of hydrogen-bond donors (Lipinski definition) is 3. The van der Waals surface area contributed by atoms with Gasteiger partial charge in [0.05, 0.1) is 12.5 Å². The summed E-state index contributed by atoms with van der Waals surface area (Å²) in [7, 11) is 0. The van der Waals surface area contributed by atoms with Crippen molar-refractivity contribution in [3.63, 3.8) is 0 Å². The van der Waals surface area contributed by atoms with E-state index in [4.69, 9.17) is 116 Å². The molecule has 5 aliphatic carbocycles. The minimum absolute atomic E-state index is 0.0229. The molecule has 0 aromatic heterocycles. The highest BCUT2D eigenvalue weighted by molar-refractivity contribution is 5.83. The average molecular weight is 1710 g/mol. The van der Waals surface area contributed by atoms with E-state index < -0.39 is 100 Å². The first kappa shape index (κ1) is 88.9. The second-order valence-electron chi connectivity index (χ2n) is 39.4. The van der Waals surface area contributed by atoms with Crippen LogP contribution in [0.4, 0.5) is 0 Å². The molecule has 17 unspecified atom stereocenters.